The van der Waals surface area contributed by atoms with Crippen LogP contribution in [0.4, 0.5) is 0 Å². The number of nitrogens with one attached hydrogen (secondary N) is 1. The van der Waals surface area contributed by atoms with E-state index in [0.717, 1.165) is 6.54 Å². The van der Waals surface area contributed by atoms with Gasteiger partial charge in [-0.25, -0.2) is 0 Å². The van der Waals surface area contributed by atoms with Gasteiger partial charge in [-0.05, 0) is 56.5 Å². The summed E-state index contributed by atoms with van der Waals surface area (Å²) in [5, 5.41) is 13.6. The highest BCUT2D eigenvalue weighted by Crippen LogP contribution is 2.28. The van der Waals surface area contributed by atoms with Crippen molar-refractivity contribution in [1.82, 2.24) is 10.2 Å². The topological polar surface area (TPSA) is 35.5 Å². The maximum atomic E-state index is 9.52. The zero-order valence-electron chi connectivity index (χ0n) is 11.8. The Bertz CT molecular complexity index is 460. The van der Waals surface area contributed by atoms with Crippen LogP contribution in [0.1, 0.15) is 37.7 Å². The number of nitrogens with zero attached hydrogens (tertiary/aromatic N) is 1. The predicted octanol–water partition coefficient (Wildman–Crippen LogP) is 3.15. The molecule has 0 spiro atoms. The number of likely N-dealkylation sites (tertiary alicyclic amines) is 1. The number of rotatable bonds is 3. The van der Waals surface area contributed by atoms with Crippen LogP contribution >= 0.6 is 11.6 Å². The summed E-state index contributed by atoms with van der Waals surface area (Å²) in [7, 11) is 0. The van der Waals surface area contributed by atoms with Crippen LogP contribution in [0.2, 0.25) is 5.02 Å². The summed E-state index contributed by atoms with van der Waals surface area (Å²) in [4.78, 5) is 2.59. The van der Waals surface area contributed by atoms with Gasteiger partial charge in [0.05, 0.1) is 5.02 Å². The molecular weight excluding hydrogens is 272 g/mol. The van der Waals surface area contributed by atoms with Crippen LogP contribution < -0.4 is 5.32 Å². The van der Waals surface area contributed by atoms with E-state index in [1.807, 2.05) is 12.1 Å². The van der Waals surface area contributed by atoms with Crippen LogP contribution in [-0.4, -0.2) is 35.2 Å². The second-order valence-corrected chi connectivity index (χ2v) is 6.43. The summed E-state index contributed by atoms with van der Waals surface area (Å²) in [5.74, 6) is 0.170. The molecule has 2 heterocycles. The van der Waals surface area contributed by atoms with Gasteiger partial charge in [-0.3, -0.25) is 4.90 Å². The Hall–Kier alpha value is -0.770. The third-order valence-corrected chi connectivity index (χ3v) is 4.93. The second kappa shape index (κ2) is 6.33. The average molecular weight is 295 g/mol. The molecule has 110 valence electrons. The first kappa shape index (κ1) is 14.2. The van der Waals surface area contributed by atoms with E-state index in [-0.39, 0.29) is 5.75 Å². The van der Waals surface area contributed by atoms with Gasteiger partial charge in [0.1, 0.15) is 5.75 Å². The Kier molecular flexibility index (Phi) is 4.49. The second-order valence-electron chi connectivity index (χ2n) is 6.02. The number of benzene rings is 1. The molecule has 2 aliphatic heterocycles. The summed E-state index contributed by atoms with van der Waals surface area (Å²) >= 11 is 6.01. The largest absolute Gasteiger partial charge is 0.506 e. The maximum Gasteiger partial charge on any atom is 0.134 e. The van der Waals surface area contributed by atoms with Crippen molar-refractivity contribution < 1.29 is 5.11 Å². The van der Waals surface area contributed by atoms with Crippen LogP contribution in [0.5, 0.6) is 5.75 Å². The summed E-state index contributed by atoms with van der Waals surface area (Å²) in [6.07, 6.45) is 6.53. The lowest BCUT2D eigenvalue weighted by atomic mass is 9.94. The first-order valence-electron chi connectivity index (χ1n) is 7.69. The van der Waals surface area contributed by atoms with Gasteiger partial charge in [-0.2, -0.15) is 0 Å². The molecule has 0 bridgehead atoms. The fourth-order valence-electron chi connectivity index (χ4n) is 3.59. The summed E-state index contributed by atoms with van der Waals surface area (Å²) < 4.78 is 0. The van der Waals surface area contributed by atoms with Crippen LogP contribution in [0.15, 0.2) is 18.2 Å². The highest BCUT2D eigenvalue weighted by atomic mass is 35.5. The smallest absolute Gasteiger partial charge is 0.134 e. The van der Waals surface area contributed by atoms with Crippen LogP contribution in [-0.2, 0) is 6.54 Å². The van der Waals surface area contributed by atoms with Crippen molar-refractivity contribution in [3.8, 4) is 5.75 Å². The fraction of sp³-hybridized carbons (Fsp3) is 0.625. The van der Waals surface area contributed by atoms with Gasteiger partial charge in [-0.15, -0.1) is 0 Å². The van der Waals surface area contributed by atoms with Crippen molar-refractivity contribution in [2.45, 2.75) is 50.7 Å². The number of phenolic OH excluding ortho intramolecular Hbond substituents is 1. The van der Waals surface area contributed by atoms with E-state index < -0.39 is 0 Å². The van der Waals surface area contributed by atoms with Gasteiger partial charge in [-0.1, -0.05) is 24.1 Å². The molecule has 0 aromatic heterocycles. The van der Waals surface area contributed by atoms with Gasteiger partial charge in [0.15, 0.2) is 0 Å². The van der Waals surface area contributed by atoms with Crippen molar-refractivity contribution >= 4 is 11.6 Å². The quantitative estimate of drug-likeness (QED) is 0.899. The van der Waals surface area contributed by atoms with E-state index in [4.69, 9.17) is 11.6 Å². The third kappa shape index (κ3) is 3.11. The molecule has 3 rings (SSSR count). The summed E-state index contributed by atoms with van der Waals surface area (Å²) in [6.45, 7) is 3.27. The predicted molar refractivity (Wildman–Crippen MR) is 82.2 cm³/mol. The average Bonchev–Trinajstić information content (AvgIpc) is 2.97. The zero-order valence-corrected chi connectivity index (χ0v) is 12.6. The molecule has 0 amide bonds. The summed E-state index contributed by atoms with van der Waals surface area (Å²) in [5.41, 5.74) is 1.19. The normalized spacial score (nSPS) is 27.9. The number of hydrogen-bond acceptors (Lipinski definition) is 3. The molecule has 2 saturated heterocycles. The van der Waals surface area contributed by atoms with Crippen LogP contribution in [0.3, 0.4) is 0 Å². The summed E-state index contributed by atoms with van der Waals surface area (Å²) in [6, 6.07) is 6.88. The highest BCUT2D eigenvalue weighted by Gasteiger charge is 2.31. The van der Waals surface area contributed by atoms with Gasteiger partial charge in [0.25, 0.3) is 0 Å². The molecule has 4 heteroatoms. The molecule has 0 radical (unpaired) electrons. The Morgan fingerprint density at radius 1 is 1.25 bits per heavy atom. The lowest BCUT2D eigenvalue weighted by Crippen LogP contribution is -2.49. The minimum absolute atomic E-state index is 0.170. The molecule has 0 saturated carbocycles. The van der Waals surface area contributed by atoms with Gasteiger partial charge in [0.2, 0.25) is 0 Å². The molecule has 1 aromatic rings. The van der Waals surface area contributed by atoms with Crippen molar-refractivity contribution in [2.75, 3.05) is 13.1 Å². The first-order chi connectivity index (χ1) is 9.74. The third-order valence-electron chi connectivity index (χ3n) is 4.62. The van der Waals surface area contributed by atoms with Gasteiger partial charge < -0.3 is 10.4 Å². The van der Waals surface area contributed by atoms with E-state index in [0.29, 0.717) is 17.1 Å². The van der Waals surface area contributed by atoms with Crippen LogP contribution in [0.25, 0.3) is 0 Å². The van der Waals surface area contributed by atoms with E-state index in [1.54, 1.807) is 6.07 Å². The molecule has 2 N–H and O–H groups in total. The van der Waals surface area contributed by atoms with Crippen LogP contribution in [0, 0.1) is 0 Å². The zero-order chi connectivity index (χ0) is 13.9. The molecule has 2 aliphatic rings. The monoisotopic (exact) mass is 294 g/mol. The molecule has 2 unspecified atom stereocenters. The number of phenols is 1. The molecule has 2 atom stereocenters. The van der Waals surface area contributed by atoms with Gasteiger partial charge >= 0.3 is 0 Å². The van der Waals surface area contributed by atoms with Crippen molar-refractivity contribution in [2.24, 2.45) is 0 Å². The van der Waals surface area contributed by atoms with E-state index in [9.17, 15) is 5.11 Å². The minimum Gasteiger partial charge on any atom is -0.506 e. The number of hydrogen-bond donors (Lipinski definition) is 2. The van der Waals surface area contributed by atoms with E-state index in [1.165, 1.54) is 50.8 Å². The Balaban J connectivity index is 1.71. The van der Waals surface area contributed by atoms with Crippen molar-refractivity contribution in [3.63, 3.8) is 0 Å². The molecular formula is C16H23ClN2O. The van der Waals surface area contributed by atoms with Crippen molar-refractivity contribution in [3.05, 3.63) is 28.8 Å². The Labute approximate surface area is 125 Å². The molecule has 1 aromatic carbocycles. The van der Waals surface area contributed by atoms with E-state index >= 15 is 0 Å². The molecule has 0 aliphatic carbocycles. The first-order valence-corrected chi connectivity index (χ1v) is 8.06. The number of halogens is 1. The lowest BCUT2D eigenvalue weighted by Gasteiger charge is -2.39. The standard InChI is InChI=1S/C16H23ClN2O/c17-13-10-12(6-7-16(13)20)11-19-9-2-1-5-15(19)14-4-3-8-18-14/h6-7,10,14-15,18,20H,1-5,8-9,11H2. The highest BCUT2D eigenvalue weighted by molar-refractivity contribution is 6.32. The lowest BCUT2D eigenvalue weighted by molar-refractivity contribution is 0.112. The number of piperidine rings is 1. The molecule has 3 nitrogen and oxygen atoms in total. The maximum absolute atomic E-state index is 9.52. The minimum atomic E-state index is 0.170. The fourth-order valence-corrected chi connectivity index (χ4v) is 3.80. The SMILES string of the molecule is Oc1ccc(CN2CCCCC2C2CCCN2)cc1Cl. The molecule has 2 fully saturated rings. The van der Waals surface area contributed by atoms with E-state index in [2.05, 4.69) is 10.2 Å². The number of aromatic hydroxyl groups is 1. The molecule has 20 heavy (non-hydrogen) atoms. The Morgan fingerprint density at radius 3 is 2.90 bits per heavy atom. The van der Waals surface area contributed by atoms with Gasteiger partial charge in [0, 0.05) is 18.6 Å². The van der Waals surface area contributed by atoms with Crippen molar-refractivity contribution in [1.29, 1.82) is 0 Å². The Morgan fingerprint density at radius 2 is 2.15 bits per heavy atom.